The van der Waals surface area contributed by atoms with Gasteiger partial charge in [0, 0.05) is 36.4 Å². The van der Waals surface area contributed by atoms with Crippen LogP contribution in [0.3, 0.4) is 0 Å². The summed E-state index contributed by atoms with van der Waals surface area (Å²) in [7, 11) is 0. The molecule has 2 aromatic rings. The van der Waals surface area contributed by atoms with Crippen molar-refractivity contribution in [2.75, 3.05) is 37.7 Å². The Morgan fingerprint density at radius 2 is 2.03 bits per heavy atom. The summed E-state index contributed by atoms with van der Waals surface area (Å²) in [6.45, 7) is 7.67. The molecule has 36 heavy (non-hydrogen) atoms. The molecule has 0 unspecified atom stereocenters. The molecule has 0 N–H and O–H groups in total. The quantitative estimate of drug-likeness (QED) is 0.492. The molecule has 1 fully saturated rings. The van der Waals surface area contributed by atoms with E-state index in [1.807, 2.05) is 35.7 Å². The van der Waals surface area contributed by atoms with Gasteiger partial charge in [0.1, 0.15) is 17.3 Å². The summed E-state index contributed by atoms with van der Waals surface area (Å²) in [5, 5.41) is 4.97. The van der Waals surface area contributed by atoms with Gasteiger partial charge in [-0.15, -0.1) is 0 Å². The Balaban J connectivity index is 1.55. The molecule has 7 heteroatoms. The Bertz CT molecular complexity index is 1320. The van der Waals surface area contributed by atoms with Gasteiger partial charge in [-0.1, -0.05) is 55.5 Å². The predicted octanol–water partition coefficient (Wildman–Crippen LogP) is 5.43. The Morgan fingerprint density at radius 1 is 1.14 bits per heavy atom. The number of aromatic nitrogens is 3. The number of hydrogen-bond donors (Lipinski definition) is 0. The van der Waals surface area contributed by atoms with Crippen LogP contribution < -0.4 is 4.90 Å². The monoisotopic (exact) mass is 483 g/mol. The van der Waals surface area contributed by atoms with Gasteiger partial charge in [0.25, 0.3) is 0 Å². The molecule has 1 aliphatic carbocycles. The summed E-state index contributed by atoms with van der Waals surface area (Å²) in [6, 6.07) is 4.07. The third-order valence-corrected chi connectivity index (χ3v) is 6.25. The highest BCUT2D eigenvalue weighted by atomic mass is 16.5. The highest BCUT2D eigenvalue weighted by Crippen LogP contribution is 2.27. The van der Waals surface area contributed by atoms with Crippen molar-refractivity contribution in [1.29, 1.82) is 0 Å². The van der Waals surface area contributed by atoms with E-state index >= 15 is 0 Å². The van der Waals surface area contributed by atoms with Crippen LogP contribution in [0.4, 0.5) is 5.82 Å². The topological polar surface area (TPSA) is 64.2 Å². The molecule has 186 valence electrons. The number of rotatable bonds is 7. The maximum atomic E-state index is 6.29. The fraction of sp³-hybridized carbons (Fsp3) is 0.345. The number of nitrogens with zero attached hydrogens (tertiary/aromatic N) is 5. The third-order valence-electron chi connectivity index (χ3n) is 6.25. The fourth-order valence-corrected chi connectivity index (χ4v) is 4.44. The van der Waals surface area contributed by atoms with Crippen LogP contribution in [-0.2, 0) is 9.47 Å². The van der Waals surface area contributed by atoms with Crippen molar-refractivity contribution in [1.82, 2.24) is 14.6 Å². The first-order valence-electron chi connectivity index (χ1n) is 12.8. The average Bonchev–Trinajstić information content (AvgIpc) is 3.37. The van der Waals surface area contributed by atoms with Gasteiger partial charge >= 0.3 is 0 Å². The number of morpholine rings is 1. The Hall–Kier alpha value is -3.71. The Labute approximate surface area is 212 Å². The van der Waals surface area contributed by atoms with E-state index in [1.54, 1.807) is 0 Å². The molecule has 0 radical (unpaired) electrons. The lowest BCUT2D eigenvalue weighted by Crippen LogP contribution is -2.37. The third kappa shape index (κ3) is 5.26. The first-order valence-corrected chi connectivity index (χ1v) is 12.8. The summed E-state index contributed by atoms with van der Waals surface area (Å²) >= 11 is 0. The van der Waals surface area contributed by atoms with E-state index in [1.165, 1.54) is 0 Å². The lowest BCUT2D eigenvalue weighted by molar-refractivity contribution is 0.122. The molecule has 0 bridgehead atoms. The SMILES string of the molecule is C\C=C/C(=C\C=C\CC)c1cc2nc(C3=NCC=C(C4=CCCC=C4)O3)cc(N3CCOCC3)n2n1. The van der Waals surface area contributed by atoms with Crippen LogP contribution >= 0.6 is 0 Å². The second-order valence-corrected chi connectivity index (χ2v) is 8.81. The highest BCUT2D eigenvalue weighted by Gasteiger charge is 2.23. The Morgan fingerprint density at radius 3 is 2.81 bits per heavy atom. The standard InChI is InChI=1S/C29H33N5O2/c1-3-5-7-11-22(10-4-2)24-20-27-31-25(21-28(34(27)32-24)33-16-18-35-19-17-33)29-30-15-14-26(36-29)23-12-8-6-9-13-23/h4-5,7-8,10-14,20-21H,3,6,9,15-19H2,1-2H3/b7-5+,10-4-,22-11+. The van der Waals surface area contributed by atoms with E-state index in [-0.39, 0.29) is 0 Å². The average molecular weight is 484 g/mol. The minimum atomic E-state index is 0.544. The molecule has 0 atom stereocenters. The van der Waals surface area contributed by atoms with Crippen LogP contribution in [0.1, 0.15) is 44.5 Å². The maximum Gasteiger partial charge on any atom is 0.241 e. The van der Waals surface area contributed by atoms with Crippen LogP contribution in [0, 0.1) is 0 Å². The molecular formula is C29H33N5O2. The molecule has 2 aliphatic heterocycles. The molecule has 0 spiro atoms. The fourth-order valence-electron chi connectivity index (χ4n) is 4.44. The van der Waals surface area contributed by atoms with E-state index in [0.29, 0.717) is 31.4 Å². The van der Waals surface area contributed by atoms with Gasteiger partial charge in [-0.25, -0.2) is 9.98 Å². The van der Waals surface area contributed by atoms with Gasteiger partial charge in [-0.05, 0) is 32.3 Å². The summed E-state index contributed by atoms with van der Waals surface area (Å²) in [5.74, 6) is 2.36. The number of fused-ring (bicyclic) bond motifs is 1. The number of ether oxygens (including phenoxy) is 2. The molecular weight excluding hydrogens is 450 g/mol. The number of aliphatic imine (C=N–C) groups is 1. The summed E-state index contributed by atoms with van der Waals surface area (Å²) in [5.41, 5.74) is 4.49. The lowest BCUT2D eigenvalue weighted by Gasteiger charge is -2.29. The second kappa shape index (κ2) is 11.4. The van der Waals surface area contributed by atoms with E-state index in [0.717, 1.165) is 66.4 Å². The van der Waals surface area contributed by atoms with Crippen LogP contribution in [-0.4, -0.2) is 53.3 Å². The van der Waals surface area contributed by atoms with Crippen molar-refractivity contribution < 1.29 is 9.47 Å². The van der Waals surface area contributed by atoms with Crippen molar-refractivity contribution in [2.24, 2.45) is 4.99 Å². The Kier molecular flexibility index (Phi) is 7.57. The number of allylic oxidation sites excluding steroid dienone is 9. The van der Waals surface area contributed by atoms with E-state index in [9.17, 15) is 0 Å². The first kappa shape index (κ1) is 24.0. The lowest BCUT2D eigenvalue weighted by atomic mass is 10.0. The summed E-state index contributed by atoms with van der Waals surface area (Å²) in [4.78, 5) is 11.9. The zero-order valence-corrected chi connectivity index (χ0v) is 21.1. The molecule has 2 aromatic heterocycles. The van der Waals surface area contributed by atoms with E-state index < -0.39 is 0 Å². The van der Waals surface area contributed by atoms with Crippen molar-refractivity contribution in [3.63, 3.8) is 0 Å². The van der Waals surface area contributed by atoms with E-state index in [4.69, 9.17) is 19.6 Å². The van der Waals surface area contributed by atoms with Crippen LogP contribution in [0.2, 0.25) is 0 Å². The molecule has 7 nitrogen and oxygen atoms in total. The van der Waals surface area contributed by atoms with Crippen molar-refractivity contribution >= 4 is 22.9 Å². The molecule has 4 heterocycles. The maximum absolute atomic E-state index is 6.29. The van der Waals surface area contributed by atoms with Gasteiger partial charge in [-0.3, -0.25) is 0 Å². The number of anilines is 1. The number of hydrogen-bond acceptors (Lipinski definition) is 6. The predicted molar refractivity (Wildman–Crippen MR) is 145 cm³/mol. The minimum absolute atomic E-state index is 0.544. The molecule has 0 amide bonds. The smallest absolute Gasteiger partial charge is 0.241 e. The van der Waals surface area contributed by atoms with Gasteiger partial charge in [0.15, 0.2) is 5.65 Å². The first-order chi connectivity index (χ1) is 17.8. The molecule has 1 saturated heterocycles. The molecule has 0 aromatic carbocycles. The minimum Gasteiger partial charge on any atom is -0.437 e. The van der Waals surface area contributed by atoms with Crippen LogP contribution in [0.5, 0.6) is 0 Å². The molecule has 5 rings (SSSR count). The van der Waals surface area contributed by atoms with Crippen molar-refractivity contribution in [3.05, 3.63) is 89.5 Å². The second-order valence-electron chi connectivity index (χ2n) is 8.81. The van der Waals surface area contributed by atoms with E-state index in [2.05, 4.69) is 59.3 Å². The van der Waals surface area contributed by atoms with Crippen molar-refractivity contribution in [3.8, 4) is 0 Å². The van der Waals surface area contributed by atoms with Crippen LogP contribution in [0.15, 0.2) is 83.1 Å². The normalized spacial score (nSPS) is 19.1. The van der Waals surface area contributed by atoms with Crippen LogP contribution in [0.25, 0.3) is 11.2 Å². The molecule has 3 aliphatic rings. The summed E-state index contributed by atoms with van der Waals surface area (Å²) in [6.07, 6.45) is 22.1. The van der Waals surface area contributed by atoms with Gasteiger partial charge in [-0.2, -0.15) is 9.61 Å². The van der Waals surface area contributed by atoms with Gasteiger partial charge in [0.05, 0.1) is 25.5 Å². The molecule has 0 saturated carbocycles. The van der Waals surface area contributed by atoms with Crippen molar-refractivity contribution in [2.45, 2.75) is 33.1 Å². The van der Waals surface area contributed by atoms with Gasteiger partial charge < -0.3 is 14.4 Å². The summed E-state index contributed by atoms with van der Waals surface area (Å²) < 4.78 is 13.8. The largest absolute Gasteiger partial charge is 0.437 e. The zero-order valence-electron chi connectivity index (χ0n) is 21.1. The zero-order chi connectivity index (χ0) is 24.7. The van der Waals surface area contributed by atoms with Gasteiger partial charge in [0.2, 0.25) is 5.90 Å². The highest BCUT2D eigenvalue weighted by molar-refractivity contribution is 5.95.